The van der Waals surface area contributed by atoms with Crippen LogP contribution >= 0.6 is 0 Å². The average molecular weight is 142 g/mol. The van der Waals surface area contributed by atoms with Crippen LogP contribution in [0.15, 0.2) is 0 Å². The summed E-state index contributed by atoms with van der Waals surface area (Å²) in [6.07, 6.45) is 2.78. The highest BCUT2D eigenvalue weighted by atomic mass is 16.5. The molecule has 1 N–H and O–H groups in total. The molecule has 1 saturated heterocycles. The minimum atomic E-state index is -0.786. The second-order valence-electron chi connectivity index (χ2n) is 3.25. The molecule has 1 aliphatic carbocycles. The number of ether oxygens (including phenoxy) is 1. The van der Waals surface area contributed by atoms with Crippen LogP contribution in [-0.2, 0) is 9.53 Å². The van der Waals surface area contributed by atoms with Gasteiger partial charge in [-0.2, -0.15) is 0 Å². The smallest absolute Gasteiger partial charge is 0.333 e. The molecular weight excluding hydrogens is 132 g/mol. The van der Waals surface area contributed by atoms with E-state index in [1.165, 1.54) is 6.42 Å². The summed E-state index contributed by atoms with van der Waals surface area (Å²) in [4.78, 5) is 10.5. The maximum atomic E-state index is 10.5. The van der Waals surface area contributed by atoms with Crippen LogP contribution in [0.3, 0.4) is 0 Å². The van der Waals surface area contributed by atoms with Gasteiger partial charge in [0.2, 0.25) is 0 Å². The van der Waals surface area contributed by atoms with E-state index in [1.54, 1.807) is 0 Å². The molecule has 1 unspecified atom stereocenters. The summed E-state index contributed by atoms with van der Waals surface area (Å²) in [5, 5.41) is 8.61. The van der Waals surface area contributed by atoms with Crippen LogP contribution in [0.4, 0.5) is 0 Å². The Hall–Kier alpha value is -0.570. The van der Waals surface area contributed by atoms with E-state index >= 15 is 0 Å². The highest BCUT2D eigenvalue weighted by Gasteiger charge is 2.55. The van der Waals surface area contributed by atoms with Crippen LogP contribution in [-0.4, -0.2) is 23.8 Å². The fraction of sp³-hybridized carbons (Fsp3) is 0.857. The maximum Gasteiger partial charge on any atom is 0.333 e. The maximum absolute atomic E-state index is 10.5. The van der Waals surface area contributed by atoms with Gasteiger partial charge in [0, 0.05) is 5.41 Å². The summed E-state index contributed by atoms with van der Waals surface area (Å²) in [5.41, 5.74) is 0.0613. The number of hydrogen-bond donors (Lipinski definition) is 1. The SMILES string of the molecule is O=C(O)C1OCC12CCC2. The Balaban J connectivity index is 2.05. The number of aliphatic carboxylic acids is 1. The largest absolute Gasteiger partial charge is 0.479 e. The second-order valence-corrected chi connectivity index (χ2v) is 3.25. The van der Waals surface area contributed by atoms with Crippen molar-refractivity contribution in [1.82, 2.24) is 0 Å². The second kappa shape index (κ2) is 1.72. The van der Waals surface area contributed by atoms with E-state index < -0.39 is 12.1 Å². The molecule has 2 fully saturated rings. The van der Waals surface area contributed by atoms with Gasteiger partial charge in [0.05, 0.1) is 6.61 Å². The van der Waals surface area contributed by atoms with Crippen LogP contribution in [0.25, 0.3) is 0 Å². The van der Waals surface area contributed by atoms with Gasteiger partial charge in [-0.15, -0.1) is 0 Å². The molecule has 1 heterocycles. The molecule has 0 radical (unpaired) electrons. The standard InChI is InChI=1S/C7H10O3/c8-6(9)5-7(4-10-5)2-1-3-7/h5H,1-4H2,(H,8,9). The van der Waals surface area contributed by atoms with Crippen molar-refractivity contribution in [3.63, 3.8) is 0 Å². The quantitative estimate of drug-likeness (QED) is 0.584. The minimum absolute atomic E-state index is 0.0613. The van der Waals surface area contributed by atoms with Crippen molar-refractivity contribution < 1.29 is 14.6 Å². The van der Waals surface area contributed by atoms with Crippen molar-refractivity contribution in [1.29, 1.82) is 0 Å². The van der Waals surface area contributed by atoms with Crippen LogP contribution in [0.2, 0.25) is 0 Å². The first-order valence-corrected chi connectivity index (χ1v) is 3.59. The summed E-state index contributed by atoms with van der Waals surface area (Å²) in [7, 11) is 0. The molecule has 1 saturated carbocycles. The van der Waals surface area contributed by atoms with Gasteiger partial charge in [-0.25, -0.2) is 4.79 Å². The first-order valence-electron chi connectivity index (χ1n) is 3.59. The van der Waals surface area contributed by atoms with E-state index in [4.69, 9.17) is 9.84 Å². The lowest BCUT2D eigenvalue weighted by Gasteiger charge is -2.53. The molecule has 1 spiro atoms. The topological polar surface area (TPSA) is 46.5 Å². The molecule has 1 aliphatic heterocycles. The molecule has 0 bridgehead atoms. The Morgan fingerprint density at radius 3 is 2.40 bits per heavy atom. The molecule has 2 aliphatic rings. The molecule has 56 valence electrons. The molecule has 10 heavy (non-hydrogen) atoms. The lowest BCUT2D eigenvalue weighted by atomic mass is 9.62. The van der Waals surface area contributed by atoms with Crippen LogP contribution in [0, 0.1) is 5.41 Å². The van der Waals surface area contributed by atoms with Crippen molar-refractivity contribution in [2.45, 2.75) is 25.4 Å². The summed E-state index contributed by atoms with van der Waals surface area (Å²) in [6.45, 7) is 0.671. The predicted molar refractivity (Wildman–Crippen MR) is 33.7 cm³/mol. The van der Waals surface area contributed by atoms with Gasteiger partial charge in [-0.3, -0.25) is 0 Å². The van der Waals surface area contributed by atoms with Gasteiger partial charge in [0.15, 0.2) is 6.10 Å². The van der Waals surface area contributed by atoms with E-state index in [9.17, 15) is 4.79 Å². The summed E-state index contributed by atoms with van der Waals surface area (Å²) < 4.78 is 4.95. The zero-order valence-corrected chi connectivity index (χ0v) is 5.67. The van der Waals surface area contributed by atoms with Gasteiger partial charge >= 0.3 is 5.97 Å². The monoisotopic (exact) mass is 142 g/mol. The fourth-order valence-electron chi connectivity index (χ4n) is 1.77. The van der Waals surface area contributed by atoms with Crippen molar-refractivity contribution in [3.05, 3.63) is 0 Å². The van der Waals surface area contributed by atoms with E-state index in [-0.39, 0.29) is 5.41 Å². The van der Waals surface area contributed by atoms with Crippen molar-refractivity contribution >= 4 is 5.97 Å². The zero-order chi connectivity index (χ0) is 7.19. The molecule has 3 nitrogen and oxygen atoms in total. The van der Waals surface area contributed by atoms with Gasteiger partial charge in [-0.05, 0) is 12.8 Å². The van der Waals surface area contributed by atoms with E-state index in [0.29, 0.717) is 6.61 Å². The highest BCUT2D eigenvalue weighted by molar-refractivity contribution is 5.74. The van der Waals surface area contributed by atoms with E-state index in [0.717, 1.165) is 12.8 Å². The molecule has 2 rings (SSSR count). The molecule has 0 aromatic carbocycles. The number of rotatable bonds is 1. The number of carbonyl (C=O) groups is 1. The number of carboxylic acid groups (broad SMARTS) is 1. The third-order valence-electron chi connectivity index (χ3n) is 2.67. The van der Waals surface area contributed by atoms with Gasteiger partial charge in [0.25, 0.3) is 0 Å². The number of hydrogen-bond acceptors (Lipinski definition) is 2. The van der Waals surface area contributed by atoms with Crippen molar-refractivity contribution in [2.75, 3.05) is 6.61 Å². The molecule has 0 amide bonds. The van der Waals surface area contributed by atoms with Crippen LogP contribution in [0.5, 0.6) is 0 Å². The van der Waals surface area contributed by atoms with Gasteiger partial charge in [-0.1, -0.05) is 6.42 Å². The zero-order valence-electron chi connectivity index (χ0n) is 5.67. The Bertz CT molecular complexity index is 166. The summed E-state index contributed by atoms with van der Waals surface area (Å²) in [6, 6.07) is 0. The van der Waals surface area contributed by atoms with Crippen LogP contribution < -0.4 is 0 Å². The molecule has 0 aromatic rings. The van der Waals surface area contributed by atoms with E-state index in [2.05, 4.69) is 0 Å². The Kier molecular flexibility index (Phi) is 1.06. The highest BCUT2D eigenvalue weighted by Crippen LogP contribution is 2.51. The predicted octanol–water partition coefficient (Wildman–Crippen LogP) is 0.640. The lowest BCUT2D eigenvalue weighted by molar-refractivity contribution is -0.231. The normalized spacial score (nSPS) is 34.6. The Morgan fingerprint density at radius 2 is 2.30 bits per heavy atom. The first-order chi connectivity index (χ1) is 4.75. The molecule has 3 heteroatoms. The molecule has 0 aromatic heterocycles. The Morgan fingerprint density at radius 1 is 1.60 bits per heavy atom. The average Bonchev–Trinajstić information content (AvgIpc) is 1.53. The first kappa shape index (κ1) is 6.16. The lowest BCUT2D eigenvalue weighted by Crippen LogP contribution is -2.59. The third-order valence-corrected chi connectivity index (χ3v) is 2.67. The number of carboxylic acids is 1. The van der Waals surface area contributed by atoms with E-state index in [1.807, 2.05) is 0 Å². The molecular formula is C7H10O3. The third kappa shape index (κ3) is 0.560. The Labute approximate surface area is 59.0 Å². The summed E-state index contributed by atoms with van der Waals surface area (Å²) >= 11 is 0. The van der Waals surface area contributed by atoms with Gasteiger partial charge in [0.1, 0.15) is 0 Å². The fourth-order valence-corrected chi connectivity index (χ4v) is 1.77. The molecule has 1 atom stereocenters. The van der Waals surface area contributed by atoms with Crippen molar-refractivity contribution in [2.24, 2.45) is 5.41 Å². The van der Waals surface area contributed by atoms with Crippen molar-refractivity contribution in [3.8, 4) is 0 Å². The minimum Gasteiger partial charge on any atom is -0.479 e. The van der Waals surface area contributed by atoms with Gasteiger partial charge < -0.3 is 9.84 Å². The van der Waals surface area contributed by atoms with Crippen LogP contribution in [0.1, 0.15) is 19.3 Å². The summed E-state index contributed by atoms with van der Waals surface area (Å²) in [5.74, 6) is -0.786.